The number of aromatic nitrogens is 3. The maximum atomic E-state index is 12.8. The molecule has 5 rings (SSSR count). The zero-order chi connectivity index (χ0) is 23.7. The van der Waals surface area contributed by atoms with Crippen molar-refractivity contribution in [1.29, 1.82) is 0 Å². The molecule has 0 aliphatic carbocycles. The zero-order valence-electron chi connectivity index (χ0n) is 18.5. The van der Waals surface area contributed by atoms with Crippen molar-refractivity contribution in [3.8, 4) is 16.3 Å². The number of ether oxygens (including phenoxy) is 1. The Hall–Kier alpha value is -3.27. The molecule has 1 saturated heterocycles. The van der Waals surface area contributed by atoms with E-state index in [4.69, 9.17) is 16.3 Å². The summed E-state index contributed by atoms with van der Waals surface area (Å²) in [6.45, 7) is 3.10. The normalized spacial score (nSPS) is 14.5. The Morgan fingerprint density at radius 2 is 1.82 bits per heavy atom. The summed E-state index contributed by atoms with van der Waals surface area (Å²) in [6.07, 6.45) is 0. The van der Waals surface area contributed by atoms with Gasteiger partial charge in [0.25, 0.3) is 11.5 Å². The van der Waals surface area contributed by atoms with Crippen LogP contribution in [0.5, 0.6) is 5.75 Å². The molecule has 8 nitrogen and oxygen atoms in total. The molecule has 0 bridgehead atoms. The summed E-state index contributed by atoms with van der Waals surface area (Å²) in [7, 11) is 1.62. The standard InChI is InChI=1S/C24H22ClN5O3S/c1-33-18-8-6-16(7-9-18)22-27-30-21(31)14-17(26-24(30)34-22)15-28-10-12-29(13-11-28)23(32)19-4-2-3-5-20(19)25/h2-9,14H,10-13,15H2,1H3. The molecule has 3 heterocycles. The lowest BCUT2D eigenvalue weighted by Gasteiger charge is -2.34. The van der Waals surface area contributed by atoms with Crippen molar-refractivity contribution in [3.63, 3.8) is 0 Å². The number of methoxy groups -OCH3 is 1. The van der Waals surface area contributed by atoms with Crippen molar-refractivity contribution in [3.05, 3.63) is 81.2 Å². The van der Waals surface area contributed by atoms with E-state index in [-0.39, 0.29) is 11.5 Å². The second kappa shape index (κ2) is 9.54. The van der Waals surface area contributed by atoms with E-state index >= 15 is 0 Å². The van der Waals surface area contributed by atoms with E-state index in [0.717, 1.165) is 16.3 Å². The van der Waals surface area contributed by atoms with Crippen LogP contribution in [0.25, 0.3) is 15.5 Å². The van der Waals surface area contributed by atoms with Crippen molar-refractivity contribution in [2.24, 2.45) is 0 Å². The van der Waals surface area contributed by atoms with Crippen LogP contribution < -0.4 is 10.3 Å². The Labute approximate surface area is 205 Å². The van der Waals surface area contributed by atoms with Crippen LogP contribution in [0.4, 0.5) is 0 Å². The molecule has 0 radical (unpaired) electrons. The number of fused-ring (bicyclic) bond motifs is 1. The highest BCUT2D eigenvalue weighted by atomic mass is 35.5. The van der Waals surface area contributed by atoms with Crippen molar-refractivity contribution in [2.75, 3.05) is 33.3 Å². The molecule has 0 saturated carbocycles. The van der Waals surface area contributed by atoms with Gasteiger partial charge in [-0.25, -0.2) is 4.98 Å². The summed E-state index contributed by atoms with van der Waals surface area (Å²) >= 11 is 7.56. The molecule has 0 spiro atoms. The third kappa shape index (κ3) is 4.54. The van der Waals surface area contributed by atoms with Crippen LogP contribution >= 0.6 is 22.9 Å². The van der Waals surface area contributed by atoms with Crippen molar-refractivity contribution < 1.29 is 9.53 Å². The fourth-order valence-corrected chi connectivity index (χ4v) is 5.08. The van der Waals surface area contributed by atoms with Crippen LogP contribution in [-0.2, 0) is 6.54 Å². The van der Waals surface area contributed by atoms with Crippen LogP contribution in [0.1, 0.15) is 16.1 Å². The topological polar surface area (TPSA) is 80.0 Å². The number of rotatable bonds is 5. The predicted octanol–water partition coefficient (Wildman–Crippen LogP) is 3.44. The van der Waals surface area contributed by atoms with Crippen LogP contribution in [-0.4, -0.2) is 63.6 Å². The summed E-state index contributed by atoms with van der Waals surface area (Å²) in [6, 6.07) is 16.2. The molecule has 1 amide bonds. The Bertz CT molecular complexity index is 1390. The summed E-state index contributed by atoms with van der Waals surface area (Å²) in [5.41, 5.74) is 1.91. The molecule has 10 heteroatoms. The van der Waals surface area contributed by atoms with Crippen LogP contribution in [0.2, 0.25) is 5.02 Å². The largest absolute Gasteiger partial charge is 0.497 e. The maximum absolute atomic E-state index is 12.8. The van der Waals surface area contributed by atoms with Gasteiger partial charge in [-0.05, 0) is 36.4 Å². The van der Waals surface area contributed by atoms with Crippen LogP contribution in [0, 0.1) is 0 Å². The van der Waals surface area contributed by atoms with Gasteiger partial charge in [-0.1, -0.05) is 35.1 Å². The number of benzene rings is 2. The average molecular weight is 496 g/mol. The summed E-state index contributed by atoms with van der Waals surface area (Å²) < 4.78 is 6.54. The SMILES string of the molecule is COc1ccc(-c2nn3c(=O)cc(CN4CCN(C(=O)c5ccccc5Cl)CC4)nc3s2)cc1. The second-order valence-corrected chi connectivity index (χ2v) is 9.33. The smallest absolute Gasteiger partial charge is 0.275 e. The van der Waals surface area contributed by atoms with Gasteiger partial charge >= 0.3 is 0 Å². The average Bonchev–Trinajstić information content (AvgIpc) is 3.29. The monoisotopic (exact) mass is 495 g/mol. The van der Waals surface area contributed by atoms with Gasteiger partial charge in [-0.15, -0.1) is 0 Å². The number of halogens is 1. The van der Waals surface area contributed by atoms with Gasteiger partial charge in [0.15, 0.2) is 0 Å². The number of amides is 1. The van der Waals surface area contributed by atoms with Gasteiger partial charge in [0.2, 0.25) is 4.96 Å². The molecule has 1 aliphatic rings. The van der Waals surface area contributed by atoms with Gasteiger partial charge in [0, 0.05) is 44.4 Å². The fourth-order valence-electron chi connectivity index (χ4n) is 3.93. The molecule has 0 unspecified atom stereocenters. The molecule has 0 N–H and O–H groups in total. The molecule has 4 aromatic rings. The van der Waals surface area contributed by atoms with Gasteiger partial charge in [-0.3, -0.25) is 14.5 Å². The van der Waals surface area contributed by atoms with Gasteiger partial charge in [-0.2, -0.15) is 9.61 Å². The summed E-state index contributed by atoms with van der Waals surface area (Å²) in [5, 5.41) is 5.62. The van der Waals surface area contributed by atoms with E-state index in [1.165, 1.54) is 21.9 Å². The van der Waals surface area contributed by atoms with Crippen LogP contribution in [0.15, 0.2) is 59.4 Å². The third-order valence-corrected chi connectivity index (χ3v) is 7.07. The Morgan fingerprint density at radius 1 is 1.09 bits per heavy atom. The van der Waals surface area contributed by atoms with E-state index in [9.17, 15) is 9.59 Å². The third-order valence-electron chi connectivity index (χ3n) is 5.78. The summed E-state index contributed by atoms with van der Waals surface area (Å²) in [5.74, 6) is 0.704. The molecule has 174 valence electrons. The zero-order valence-corrected chi connectivity index (χ0v) is 20.1. The predicted molar refractivity (Wildman–Crippen MR) is 132 cm³/mol. The van der Waals surface area contributed by atoms with E-state index < -0.39 is 0 Å². The van der Waals surface area contributed by atoms with E-state index in [1.807, 2.05) is 41.3 Å². The molecule has 2 aromatic carbocycles. The summed E-state index contributed by atoms with van der Waals surface area (Å²) in [4.78, 5) is 34.7. The number of carbonyl (C=O) groups is 1. The van der Waals surface area contributed by atoms with Crippen LogP contribution in [0.3, 0.4) is 0 Å². The molecule has 0 atom stereocenters. The number of piperazine rings is 1. The first-order chi connectivity index (χ1) is 16.5. The Morgan fingerprint density at radius 3 is 2.53 bits per heavy atom. The highest BCUT2D eigenvalue weighted by Gasteiger charge is 2.24. The first kappa shape index (κ1) is 22.5. The molecule has 1 fully saturated rings. The molecule has 2 aromatic heterocycles. The van der Waals surface area contributed by atoms with Crippen molar-refractivity contribution in [1.82, 2.24) is 24.4 Å². The van der Waals surface area contributed by atoms with Gasteiger partial charge in [0.1, 0.15) is 10.8 Å². The minimum Gasteiger partial charge on any atom is -0.497 e. The molecular weight excluding hydrogens is 474 g/mol. The lowest BCUT2D eigenvalue weighted by molar-refractivity contribution is 0.0627. The van der Waals surface area contributed by atoms with Crippen molar-refractivity contribution >= 4 is 33.8 Å². The highest BCUT2D eigenvalue weighted by Crippen LogP contribution is 2.26. The molecule has 1 aliphatic heterocycles. The molecule has 34 heavy (non-hydrogen) atoms. The minimum atomic E-state index is -0.205. The van der Waals surface area contributed by atoms with E-state index in [0.29, 0.717) is 54.0 Å². The Balaban J connectivity index is 1.27. The first-order valence-corrected chi connectivity index (χ1v) is 12.0. The maximum Gasteiger partial charge on any atom is 0.275 e. The second-order valence-electron chi connectivity index (χ2n) is 7.96. The van der Waals surface area contributed by atoms with E-state index in [2.05, 4.69) is 15.0 Å². The number of carbonyl (C=O) groups excluding carboxylic acids is 1. The lowest BCUT2D eigenvalue weighted by Crippen LogP contribution is -2.48. The quantitative estimate of drug-likeness (QED) is 0.422. The highest BCUT2D eigenvalue weighted by molar-refractivity contribution is 7.19. The fraction of sp³-hybridized carbons (Fsp3) is 0.250. The number of hydrogen-bond acceptors (Lipinski definition) is 7. The lowest BCUT2D eigenvalue weighted by atomic mass is 10.1. The number of hydrogen-bond donors (Lipinski definition) is 0. The minimum absolute atomic E-state index is 0.0567. The first-order valence-electron chi connectivity index (χ1n) is 10.8. The van der Waals surface area contributed by atoms with E-state index in [1.54, 1.807) is 19.2 Å². The molecular formula is C24H22ClN5O3S. The Kier molecular flexibility index (Phi) is 6.32. The van der Waals surface area contributed by atoms with Crippen molar-refractivity contribution in [2.45, 2.75) is 6.54 Å². The van der Waals surface area contributed by atoms with Gasteiger partial charge in [0.05, 0.1) is 23.4 Å². The number of nitrogens with zero attached hydrogens (tertiary/aromatic N) is 5. The van der Waals surface area contributed by atoms with Gasteiger partial charge < -0.3 is 9.64 Å².